The summed E-state index contributed by atoms with van der Waals surface area (Å²) in [5.74, 6) is -0.259. The number of aromatic nitrogens is 1. The van der Waals surface area contributed by atoms with E-state index in [-0.39, 0.29) is 10.6 Å². The number of ether oxygens (including phenoxy) is 1. The van der Waals surface area contributed by atoms with Gasteiger partial charge in [0.15, 0.2) is 0 Å². The summed E-state index contributed by atoms with van der Waals surface area (Å²) in [6, 6.07) is 20.0. The predicted octanol–water partition coefficient (Wildman–Crippen LogP) is 5.68. The second kappa shape index (κ2) is 12.0. The number of amides is 1. The molecule has 0 bridgehead atoms. The number of sulfonamides is 1. The average Bonchev–Trinajstić information content (AvgIpc) is 3.21. The Morgan fingerprint density at radius 2 is 1.59 bits per heavy atom. The first-order valence-corrected chi connectivity index (χ1v) is 14.7. The Hall–Kier alpha value is -4.37. The SMILES string of the molecule is COc1ccc(C)cc1N(CC(=O)N/N=C/c1cc(C)n(-c2ccc(C)c(C)c2)c1C)S(=O)(=O)c1ccc(C)cc1. The minimum Gasteiger partial charge on any atom is -0.495 e. The molecule has 1 heterocycles. The summed E-state index contributed by atoms with van der Waals surface area (Å²) in [4.78, 5) is 13.2. The largest absolute Gasteiger partial charge is 0.495 e. The molecule has 0 unspecified atom stereocenters. The maximum absolute atomic E-state index is 13.8. The minimum atomic E-state index is -4.10. The first-order chi connectivity index (χ1) is 19.4. The molecule has 0 saturated heterocycles. The highest BCUT2D eigenvalue weighted by Crippen LogP contribution is 2.33. The van der Waals surface area contributed by atoms with Crippen molar-refractivity contribution in [3.05, 3.63) is 106 Å². The summed E-state index contributed by atoms with van der Waals surface area (Å²) in [5.41, 5.74) is 10.8. The van der Waals surface area contributed by atoms with E-state index in [2.05, 4.69) is 47.1 Å². The van der Waals surface area contributed by atoms with Crippen molar-refractivity contribution < 1.29 is 17.9 Å². The average molecular weight is 573 g/mol. The molecule has 0 aliphatic rings. The molecular weight excluding hydrogens is 536 g/mol. The van der Waals surface area contributed by atoms with Crippen LogP contribution >= 0.6 is 0 Å². The van der Waals surface area contributed by atoms with Crippen LogP contribution in [0.1, 0.15) is 39.2 Å². The first-order valence-electron chi connectivity index (χ1n) is 13.2. The zero-order chi connectivity index (χ0) is 29.9. The summed E-state index contributed by atoms with van der Waals surface area (Å²) < 4.78 is 36.2. The zero-order valence-corrected chi connectivity index (χ0v) is 25.3. The van der Waals surface area contributed by atoms with Gasteiger partial charge < -0.3 is 9.30 Å². The fourth-order valence-corrected chi connectivity index (χ4v) is 6.08. The van der Waals surface area contributed by atoms with E-state index in [0.717, 1.165) is 38.1 Å². The van der Waals surface area contributed by atoms with Crippen molar-refractivity contribution in [1.82, 2.24) is 9.99 Å². The summed E-state index contributed by atoms with van der Waals surface area (Å²) in [7, 11) is -2.64. The van der Waals surface area contributed by atoms with Gasteiger partial charge in [0.25, 0.3) is 15.9 Å². The van der Waals surface area contributed by atoms with E-state index in [4.69, 9.17) is 4.74 Å². The Kier molecular flexibility index (Phi) is 8.68. The van der Waals surface area contributed by atoms with Crippen molar-refractivity contribution in [3.63, 3.8) is 0 Å². The fourth-order valence-electron chi connectivity index (χ4n) is 4.65. The van der Waals surface area contributed by atoms with Crippen LogP contribution < -0.4 is 14.5 Å². The third-order valence-electron chi connectivity index (χ3n) is 7.11. The number of nitrogens with one attached hydrogen (secondary N) is 1. The van der Waals surface area contributed by atoms with Crippen LogP contribution in [0.4, 0.5) is 5.69 Å². The van der Waals surface area contributed by atoms with Gasteiger partial charge in [-0.1, -0.05) is 29.8 Å². The molecule has 3 aromatic carbocycles. The summed E-state index contributed by atoms with van der Waals surface area (Å²) >= 11 is 0. The number of hydrogen-bond acceptors (Lipinski definition) is 5. The molecular formula is C32H36N4O4S. The third-order valence-corrected chi connectivity index (χ3v) is 8.89. The van der Waals surface area contributed by atoms with Gasteiger partial charge in [-0.2, -0.15) is 5.10 Å². The highest BCUT2D eigenvalue weighted by molar-refractivity contribution is 7.92. The quantitative estimate of drug-likeness (QED) is 0.206. The van der Waals surface area contributed by atoms with E-state index in [0.29, 0.717) is 5.75 Å². The Balaban J connectivity index is 1.60. The number of benzene rings is 3. The van der Waals surface area contributed by atoms with E-state index in [1.807, 2.05) is 39.8 Å². The normalized spacial score (nSPS) is 11.6. The lowest BCUT2D eigenvalue weighted by Crippen LogP contribution is -2.39. The summed E-state index contributed by atoms with van der Waals surface area (Å²) in [5, 5.41) is 4.16. The summed E-state index contributed by atoms with van der Waals surface area (Å²) in [6.07, 6.45) is 1.57. The van der Waals surface area contributed by atoms with Crippen molar-refractivity contribution in [3.8, 4) is 11.4 Å². The molecule has 0 fully saturated rings. The molecule has 214 valence electrons. The molecule has 0 spiro atoms. The van der Waals surface area contributed by atoms with Gasteiger partial charge in [0.2, 0.25) is 0 Å². The lowest BCUT2D eigenvalue weighted by molar-refractivity contribution is -0.119. The number of hydrogen-bond donors (Lipinski definition) is 1. The van der Waals surface area contributed by atoms with Crippen LogP contribution in [0.25, 0.3) is 5.69 Å². The Bertz CT molecular complexity index is 1720. The van der Waals surface area contributed by atoms with Gasteiger partial charge in [-0.25, -0.2) is 13.8 Å². The molecule has 0 saturated carbocycles. The maximum atomic E-state index is 13.8. The summed E-state index contributed by atoms with van der Waals surface area (Å²) in [6.45, 7) is 11.4. The fraction of sp³-hybridized carbons (Fsp3) is 0.250. The lowest BCUT2D eigenvalue weighted by Gasteiger charge is -2.25. The number of carbonyl (C=O) groups is 1. The topological polar surface area (TPSA) is 93.0 Å². The molecule has 0 aliphatic heterocycles. The molecule has 4 rings (SSSR count). The number of carbonyl (C=O) groups excluding carboxylic acids is 1. The minimum absolute atomic E-state index is 0.0711. The van der Waals surface area contributed by atoms with Crippen LogP contribution in [0.2, 0.25) is 0 Å². The Morgan fingerprint density at radius 3 is 2.24 bits per heavy atom. The predicted molar refractivity (Wildman–Crippen MR) is 164 cm³/mol. The zero-order valence-electron chi connectivity index (χ0n) is 24.5. The number of anilines is 1. The van der Waals surface area contributed by atoms with Gasteiger partial charge in [-0.15, -0.1) is 0 Å². The molecule has 0 radical (unpaired) electrons. The van der Waals surface area contributed by atoms with Gasteiger partial charge in [0.1, 0.15) is 12.3 Å². The second-order valence-electron chi connectivity index (χ2n) is 10.2. The van der Waals surface area contributed by atoms with E-state index in [9.17, 15) is 13.2 Å². The van der Waals surface area contributed by atoms with Gasteiger partial charge in [-0.3, -0.25) is 9.10 Å². The van der Waals surface area contributed by atoms with Crippen LogP contribution in [-0.4, -0.2) is 38.8 Å². The molecule has 9 heteroatoms. The van der Waals surface area contributed by atoms with Gasteiger partial charge >= 0.3 is 0 Å². The van der Waals surface area contributed by atoms with Gasteiger partial charge in [-0.05, 0) is 101 Å². The molecule has 41 heavy (non-hydrogen) atoms. The standard InChI is InChI=1S/C32H36N4O4S/c1-21-8-13-29(14-9-21)41(38,39)35(30-16-22(2)10-15-31(30)40-7)20-32(37)34-33-19-27-18-25(5)36(26(27)6)28-12-11-23(3)24(4)17-28/h8-19H,20H2,1-7H3,(H,34,37)/b33-19+. The van der Waals surface area contributed by atoms with Crippen molar-refractivity contribution in [2.45, 2.75) is 46.4 Å². The van der Waals surface area contributed by atoms with Crippen molar-refractivity contribution in [2.24, 2.45) is 5.10 Å². The van der Waals surface area contributed by atoms with E-state index in [1.54, 1.807) is 30.5 Å². The van der Waals surface area contributed by atoms with Crippen LogP contribution in [0, 0.1) is 41.5 Å². The second-order valence-corrected chi connectivity index (χ2v) is 12.1. The molecule has 0 atom stereocenters. The third kappa shape index (κ3) is 6.36. The van der Waals surface area contributed by atoms with Crippen LogP contribution in [0.15, 0.2) is 76.7 Å². The van der Waals surface area contributed by atoms with E-state index in [1.165, 1.54) is 30.4 Å². The highest BCUT2D eigenvalue weighted by Gasteiger charge is 2.29. The molecule has 4 aromatic rings. The van der Waals surface area contributed by atoms with E-state index >= 15 is 0 Å². The Morgan fingerprint density at radius 1 is 0.902 bits per heavy atom. The number of rotatable bonds is 9. The van der Waals surface area contributed by atoms with Crippen molar-refractivity contribution in [1.29, 1.82) is 0 Å². The molecule has 1 amide bonds. The van der Waals surface area contributed by atoms with Crippen LogP contribution in [0.3, 0.4) is 0 Å². The van der Waals surface area contributed by atoms with Gasteiger partial charge in [0.05, 0.1) is 23.9 Å². The molecule has 8 nitrogen and oxygen atoms in total. The molecule has 1 aromatic heterocycles. The van der Waals surface area contributed by atoms with E-state index < -0.39 is 22.5 Å². The Labute approximate surface area is 242 Å². The maximum Gasteiger partial charge on any atom is 0.264 e. The van der Waals surface area contributed by atoms with Gasteiger partial charge in [0, 0.05) is 22.6 Å². The number of aryl methyl sites for hydroxylation is 5. The van der Waals surface area contributed by atoms with Crippen molar-refractivity contribution >= 4 is 27.8 Å². The first kappa shape index (κ1) is 29.6. The van der Waals surface area contributed by atoms with Crippen LogP contribution in [-0.2, 0) is 14.8 Å². The van der Waals surface area contributed by atoms with Crippen LogP contribution in [0.5, 0.6) is 5.75 Å². The number of methoxy groups -OCH3 is 1. The number of hydrazone groups is 1. The lowest BCUT2D eigenvalue weighted by atomic mass is 10.1. The smallest absolute Gasteiger partial charge is 0.264 e. The monoisotopic (exact) mass is 572 g/mol. The highest BCUT2D eigenvalue weighted by atomic mass is 32.2. The number of nitrogens with zero attached hydrogens (tertiary/aromatic N) is 3. The van der Waals surface area contributed by atoms with Crippen molar-refractivity contribution in [2.75, 3.05) is 18.0 Å². The molecule has 1 N–H and O–H groups in total. The molecule has 0 aliphatic carbocycles.